The third-order valence-corrected chi connectivity index (χ3v) is 7.06. The first-order valence-corrected chi connectivity index (χ1v) is 11.6. The summed E-state index contributed by atoms with van der Waals surface area (Å²) in [5, 5.41) is 15.4. The second kappa shape index (κ2) is 8.70. The van der Waals surface area contributed by atoms with Gasteiger partial charge in [-0.15, -0.1) is 21.5 Å². The highest BCUT2D eigenvalue weighted by atomic mass is 32.1. The number of benzene rings is 2. The van der Waals surface area contributed by atoms with Crippen LogP contribution in [0.5, 0.6) is 5.75 Å². The Labute approximate surface area is 187 Å². The lowest BCUT2D eigenvalue weighted by molar-refractivity contribution is 0.102. The van der Waals surface area contributed by atoms with Crippen LogP contribution in [0.15, 0.2) is 42.5 Å². The molecule has 1 amide bonds. The molecule has 9 heteroatoms. The standard InChI is InChI=1S/C22H20N4O3S2/c1-13-19(20(27)24-22-26-25-21(31-22)17-7-4-10-28-17)30-18(23-13)12-29-16-9-8-14-5-2-3-6-15(14)11-16/h2-3,5-6,8-9,11,17H,4,7,10,12H2,1H3,(H,24,26,27). The van der Waals surface area contributed by atoms with Crippen molar-refractivity contribution in [1.29, 1.82) is 0 Å². The second-order valence-electron chi connectivity index (χ2n) is 7.22. The highest BCUT2D eigenvalue weighted by Gasteiger charge is 2.23. The number of aryl methyl sites for hydroxylation is 1. The van der Waals surface area contributed by atoms with Crippen molar-refractivity contribution >= 4 is 44.5 Å². The second-order valence-corrected chi connectivity index (χ2v) is 9.31. The number of nitrogens with one attached hydrogen (secondary N) is 1. The molecule has 158 valence electrons. The van der Waals surface area contributed by atoms with E-state index in [1.807, 2.05) is 37.3 Å². The number of aromatic nitrogens is 3. The van der Waals surface area contributed by atoms with Gasteiger partial charge in [0.2, 0.25) is 5.13 Å². The van der Waals surface area contributed by atoms with E-state index in [1.165, 1.54) is 28.1 Å². The number of carbonyl (C=O) groups excluding carboxylic acids is 1. The zero-order chi connectivity index (χ0) is 21.2. The lowest BCUT2D eigenvalue weighted by Gasteiger charge is -2.05. The molecule has 1 N–H and O–H groups in total. The fourth-order valence-corrected chi connectivity index (χ4v) is 5.16. The molecular weight excluding hydrogens is 432 g/mol. The molecule has 0 saturated carbocycles. The fourth-order valence-electron chi connectivity index (χ4n) is 3.47. The SMILES string of the molecule is Cc1nc(COc2ccc3ccccc3c2)sc1C(=O)Nc1nnc(C2CCCO2)s1. The normalized spacial score (nSPS) is 16.0. The first kappa shape index (κ1) is 20.0. The Hall–Kier alpha value is -2.88. The molecule has 1 fully saturated rings. The number of carbonyl (C=O) groups is 1. The Balaban J connectivity index is 1.23. The van der Waals surface area contributed by atoms with E-state index in [9.17, 15) is 4.79 Å². The molecule has 2 aromatic carbocycles. The predicted octanol–water partition coefficient (Wildman–Crippen LogP) is 5.14. The first-order chi connectivity index (χ1) is 15.2. The van der Waals surface area contributed by atoms with Crippen LogP contribution in [-0.4, -0.2) is 27.7 Å². The summed E-state index contributed by atoms with van der Waals surface area (Å²) in [5.41, 5.74) is 0.670. The predicted molar refractivity (Wildman–Crippen MR) is 121 cm³/mol. The van der Waals surface area contributed by atoms with Gasteiger partial charge in [-0.2, -0.15) is 0 Å². The van der Waals surface area contributed by atoms with Crippen molar-refractivity contribution in [2.45, 2.75) is 32.5 Å². The Bertz CT molecular complexity index is 1230. The number of rotatable bonds is 6. The molecule has 1 aliphatic heterocycles. The van der Waals surface area contributed by atoms with Gasteiger partial charge in [0.25, 0.3) is 5.91 Å². The van der Waals surface area contributed by atoms with Crippen molar-refractivity contribution in [3.8, 4) is 5.75 Å². The molecule has 1 unspecified atom stereocenters. The molecule has 31 heavy (non-hydrogen) atoms. The van der Waals surface area contributed by atoms with Crippen molar-refractivity contribution in [2.24, 2.45) is 0 Å². The molecule has 7 nitrogen and oxygen atoms in total. The van der Waals surface area contributed by atoms with E-state index < -0.39 is 0 Å². The zero-order valence-corrected chi connectivity index (χ0v) is 18.5. The highest BCUT2D eigenvalue weighted by Crippen LogP contribution is 2.32. The number of nitrogens with zero attached hydrogens (tertiary/aromatic N) is 3. The zero-order valence-electron chi connectivity index (χ0n) is 16.8. The van der Waals surface area contributed by atoms with Crippen LogP contribution in [0.4, 0.5) is 5.13 Å². The average Bonchev–Trinajstić information content (AvgIpc) is 3.53. The third-order valence-electron chi connectivity index (χ3n) is 5.00. The van der Waals surface area contributed by atoms with Crippen molar-refractivity contribution in [1.82, 2.24) is 15.2 Å². The molecule has 5 rings (SSSR count). The quantitative estimate of drug-likeness (QED) is 0.436. The number of fused-ring (bicyclic) bond motifs is 1. The maximum absolute atomic E-state index is 12.7. The largest absolute Gasteiger partial charge is 0.486 e. The number of hydrogen-bond acceptors (Lipinski definition) is 8. The van der Waals surface area contributed by atoms with Gasteiger partial charge >= 0.3 is 0 Å². The minimum atomic E-state index is -0.234. The maximum Gasteiger partial charge on any atom is 0.269 e. The number of hydrogen-bond donors (Lipinski definition) is 1. The summed E-state index contributed by atoms with van der Waals surface area (Å²) in [4.78, 5) is 17.8. The van der Waals surface area contributed by atoms with Crippen LogP contribution < -0.4 is 10.1 Å². The van der Waals surface area contributed by atoms with E-state index in [-0.39, 0.29) is 12.0 Å². The minimum Gasteiger partial charge on any atom is -0.486 e. The van der Waals surface area contributed by atoms with Gasteiger partial charge in [-0.25, -0.2) is 4.98 Å². The lowest BCUT2D eigenvalue weighted by Crippen LogP contribution is -2.11. The molecule has 0 aliphatic carbocycles. The van der Waals surface area contributed by atoms with Crippen LogP contribution >= 0.6 is 22.7 Å². The van der Waals surface area contributed by atoms with Crippen molar-refractivity contribution in [3.05, 3.63) is 63.1 Å². The van der Waals surface area contributed by atoms with E-state index >= 15 is 0 Å². The summed E-state index contributed by atoms with van der Waals surface area (Å²) in [6, 6.07) is 14.1. The number of amides is 1. The van der Waals surface area contributed by atoms with Gasteiger partial charge in [0.05, 0.1) is 5.69 Å². The first-order valence-electron chi connectivity index (χ1n) is 10.00. The summed E-state index contributed by atoms with van der Waals surface area (Å²) in [6.07, 6.45) is 1.96. The van der Waals surface area contributed by atoms with Crippen LogP contribution in [0.3, 0.4) is 0 Å². The number of ether oxygens (including phenoxy) is 2. The van der Waals surface area contributed by atoms with Crippen LogP contribution in [0.25, 0.3) is 10.8 Å². The minimum absolute atomic E-state index is 0.00727. The van der Waals surface area contributed by atoms with Gasteiger partial charge in [0, 0.05) is 6.61 Å². The fraction of sp³-hybridized carbons (Fsp3) is 0.273. The van der Waals surface area contributed by atoms with E-state index in [0.717, 1.165) is 40.6 Å². The van der Waals surface area contributed by atoms with Gasteiger partial charge in [0.15, 0.2) is 0 Å². The molecule has 0 bridgehead atoms. The van der Waals surface area contributed by atoms with Gasteiger partial charge in [0.1, 0.15) is 33.4 Å². The van der Waals surface area contributed by atoms with E-state index in [1.54, 1.807) is 0 Å². The van der Waals surface area contributed by atoms with Gasteiger partial charge < -0.3 is 9.47 Å². The maximum atomic E-state index is 12.7. The summed E-state index contributed by atoms with van der Waals surface area (Å²) in [6.45, 7) is 2.87. The molecule has 3 heterocycles. The molecule has 1 atom stereocenters. The van der Waals surface area contributed by atoms with Crippen LogP contribution in [0, 0.1) is 6.92 Å². The molecule has 1 saturated heterocycles. The topological polar surface area (TPSA) is 86.2 Å². The van der Waals surface area contributed by atoms with Gasteiger partial charge in [-0.3, -0.25) is 10.1 Å². The van der Waals surface area contributed by atoms with Gasteiger partial charge in [-0.05, 0) is 42.7 Å². The lowest BCUT2D eigenvalue weighted by atomic mass is 10.1. The molecule has 1 aliphatic rings. The average molecular weight is 453 g/mol. The summed E-state index contributed by atoms with van der Waals surface area (Å²) in [5.74, 6) is 0.537. The van der Waals surface area contributed by atoms with Crippen LogP contribution in [0.2, 0.25) is 0 Å². The summed E-state index contributed by atoms with van der Waals surface area (Å²) in [7, 11) is 0. The van der Waals surface area contributed by atoms with E-state index in [4.69, 9.17) is 9.47 Å². The van der Waals surface area contributed by atoms with E-state index in [0.29, 0.717) is 22.3 Å². The molecular formula is C22H20N4O3S2. The van der Waals surface area contributed by atoms with Crippen molar-refractivity contribution in [2.75, 3.05) is 11.9 Å². The molecule has 4 aromatic rings. The number of thiazole rings is 1. The highest BCUT2D eigenvalue weighted by molar-refractivity contribution is 7.16. The van der Waals surface area contributed by atoms with Crippen molar-refractivity contribution in [3.63, 3.8) is 0 Å². The number of anilines is 1. The summed E-state index contributed by atoms with van der Waals surface area (Å²) >= 11 is 2.68. The monoisotopic (exact) mass is 452 g/mol. The Morgan fingerprint density at radius 3 is 2.90 bits per heavy atom. The smallest absolute Gasteiger partial charge is 0.269 e. The van der Waals surface area contributed by atoms with Crippen molar-refractivity contribution < 1.29 is 14.3 Å². The van der Waals surface area contributed by atoms with Crippen LogP contribution in [0.1, 0.15) is 44.3 Å². The van der Waals surface area contributed by atoms with Gasteiger partial charge in [-0.1, -0.05) is 41.7 Å². The Kier molecular flexibility index (Phi) is 5.63. The van der Waals surface area contributed by atoms with Crippen LogP contribution in [-0.2, 0) is 11.3 Å². The Morgan fingerprint density at radius 1 is 1.19 bits per heavy atom. The molecule has 0 spiro atoms. The van der Waals surface area contributed by atoms with E-state index in [2.05, 4.69) is 32.6 Å². The molecule has 0 radical (unpaired) electrons. The Morgan fingerprint density at radius 2 is 2.06 bits per heavy atom. The summed E-state index contributed by atoms with van der Waals surface area (Å²) < 4.78 is 11.5. The third kappa shape index (κ3) is 4.43. The molecule has 2 aromatic heterocycles.